The highest BCUT2D eigenvalue weighted by atomic mass is 16.4. The van der Waals surface area contributed by atoms with E-state index in [1.165, 1.54) is 0 Å². The van der Waals surface area contributed by atoms with Crippen LogP contribution in [0.5, 0.6) is 0 Å². The molecule has 1 unspecified atom stereocenters. The third-order valence-corrected chi connectivity index (χ3v) is 2.51. The van der Waals surface area contributed by atoms with Gasteiger partial charge in [-0.2, -0.15) is 5.10 Å². The van der Waals surface area contributed by atoms with Gasteiger partial charge < -0.3 is 10.4 Å². The molecule has 18 heavy (non-hydrogen) atoms. The SMILES string of the molecule is Cc1cc(NC(C(=O)O)c2cnn(C)c2)ccn1. The van der Waals surface area contributed by atoms with Gasteiger partial charge in [-0.1, -0.05) is 0 Å². The summed E-state index contributed by atoms with van der Waals surface area (Å²) < 4.78 is 1.57. The summed E-state index contributed by atoms with van der Waals surface area (Å²) in [7, 11) is 1.75. The Balaban J connectivity index is 2.24. The highest BCUT2D eigenvalue weighted by Crippen LogP contribution is 2.19. The number of aryl methyl sites for hydroxylation is 2. The molecule has 0 aliphatic rings. The number of pyridine rings is 1. The first kappa shape index (κ1) is 12.1. The molecule has 2 aromatic rings. The quantitative estimate of drug-likeness (QED) is 0.851. The first-order valence-electron chi connectivity index (χ1n) is 5.47. The third-order valence-electron chi connectivity index (χ3n) is 2.51. The molecule has 0 radical (unpaired) electrons. The van der Waals surface area contributed by atoms with Crippen LogP contribution < -0.4 is 5.32 Å². The zero-order valence-electron chi connectivity index (χ0n) is 10.2. The Bertz CT molecular complexity index is 565. The van der Waals surface area contributed by atoms with Crippen LogP contribution in [0.3, 0.4) is 0 Å². The van der Waals surface area contributed by atoms with Crippen LogP contribution in [0.1, 0.15) is 17.3 Å². The van der Waals surface area contributed by atoms with E-state index in [1.807, 2.05) is 6.92 Å². The van der Waals surface area contributed by atoms with Crippen molar-refractivity contribution in [2.75, 3.05) is 5.32 Å². The van der Waals surface area contributed by atoms with Gasteiger partial charge in [0, 0.05) is 36.4 Å². The predicted molar refractivity (Wildman–Crippen MR) is 66.2 cm³/mol. The molecule has 2 aromatic heterocycles. The smallest absolute Gasteiger partial charge is 0.330 e. The molecule has 1 atom stereocenters. The summed E-state index contributed by atoms with van der Waals surface area (Å²) in [5.74, 6) is -0.947. The molecule has 94 valence electrons. The second-order valence-corrected chi connectivity index (χ2v) is 4.05. The van der Waals surface area contributed by atoms with Crippen molar-refractivity contribution in [3.8, 4) is 0 Å². The van der Waals surface area contributed by atoms with E-state index < -0.39 is 12.0 Å². The van der Waals surface area contributed by atoms with Gasteiger partial charge in [-0.15, -0.1) is 0 Å². The lowest BCUT2D eigenvalue weighted by Gasteiger charge is -2.14. The number of nitrogens with one attached hydrogen (secondary N) is 1. The van der Waals surface area contributed by atoms with Crippen LogP contribution in [0.4, 0.5) is 5.69 Å². The van der Waals surface area contributed by atoms with Crippen molar-refractivity contribution in [1.29, 1.82) is 0 Å². The second-order valence-electron chi connectivity index (χ2n) is 4.05. The number of hydrogen-bond donors (Lipinski definition) is 2. The van der Waals surface area contributed by atoms with Crippen LogP contribution in [-0.4, -0.2) is 25.8 Å². The Kier molecular flexibility index (Phi) is 3.27. The lowest BCUT2D eigenvalue weighted by molar-refractivity contribution is -0.138. The van der Waals surface area contributed by atoms with E-state index >= 15 is 0 Å². The van der Waals surface area contributed by atoms with Crippen molar-refractivity contribution in [2.45, 2.75) is 13.0 Å². The van der Waals surface area contributed by atoms with Gasteiger partial charge in [0.1, 0.15) is 0 Å². The molecule has 0 bridgehead atoms. The molecule has 6 heteroatoms. The van der Waals surface area contributed by atoms with Gasteiger partial charge in [0.2, 0.25) is 0 Å². The normalized spacial score (nSPS) is 12.1. The summed E-state index contributed by atoms with van der Waals surface area (Å²) in [4.78, 5) is 15.3. The molecule has 0 amide bonds. The summed E-state index contributed by atoms with van der Waals surface area (Å²) in [6, 6.07) is 2.71. The first-order valence-corrected chi connectivity index (χ1v) is 5.47. The van der Waals surface area contributed by atoms with Crippen LogP contribution >= 0.6 is 0 Å². The molecule has 2 heterocycles. The second kappa shape index (κ2) is 4.87. The lowest BCUT2D eigenvalue weighted by atomic mass is 10.1. The summed E-state index contributed by atoms with van der Waals surface area (Å²) in [6.45, 7) is 1.85. The van der Waals surface area contributed by atoms with E-state index in [1.54, 1.807) is 42.5 Å². The number of rotatable bonds is 4. The molecule has 0 saturated heterocycles. The molecule has 6 nitrogen and oxygen atoms in total. The number of carboxylic acids is 1. The Morgan fingerprint density at radius 3 is 2.89 bits per heavy atom. The van der Waals surface area contributed by atoms with E-state index in [2.05, 4.69) is 15.4 Å². The van der Waals surface area contributed by atoms with E-state index in [-0.39, 0.29) is 0 Å². The molecule has 0 aliphatic carbocycles. The zero-order chi connectivity index (χ0) is 13.1. The van der Waals surface area contributed by atoms with Crippen LogP contribution in [0.2, 0.25) is 0 Å². The lowest BCUT2D eigenvalue weighted by Crippen LogP contribution is -2.20. The van der Waals surface area contributed by atoms with E-state index in [0.717, 1.165) is 11.4 Å². The Morgan fingerprint density at radius 2 is 2.33 bits per heavy atom. The molecule has 0 fully saturated rings. The maximum absolute atomic E-state index is 11.3. The first-order chi connectivity index (χ1) is 8.56. The fourth-order valence-electron chi connectivity index (χ4n) is 1.68. The Morgan fingerprint density at radius 1 is 1.56 bits per heavy atom. The number of anilines is 1. The number of hydrogen-bond acceptors (Lipinski definition) is 4. The van der Waals surface area contributed by atoms with E-state index in [4.69, 9.17) is 0 Å². The van der Waals surface area contributed by atoms with Crippen molar-refractivity contribution in [2.24, 2.45) is 7.05 Å². The highest BCUT2D eigenvalue weighted by molar-refractivity contribution is 5.79. The van der Waals surface area contributed by atoms with Crippen LogP contribution in [-0.2, 0) is 11.8 Å². The molecule has 0 aromatic carbocycles. The van der Waals surface area contributed by atoms with Crippen molar-refractivity contribution < 1.29 is 9.90 Å². The maximum atomic E-state index is 11.3. The van der Waals surface area contributed by atoms with Crippen molar-refractivity contribution >= 4 is 11.7 Å². The average Bonchev–Trinajstić information content (AvgIpc) is 2.72. The standard InChI is InChI=1S/C12H14N4O2/c1-8-5-10(3-4-13-8)15-11(12(17)18)9-6-14-16(2)7-9/h3-7,11H,1-2H3,(H,13,15)(H,17,18). The number of aromatic nitrogens is 3. The monoisotopic (exact) mass is 246 g/mol. The summed E-state index contributed by atoms with van der Waals surface area (Å²) in [5.41, 5.74) is 2.16. The minimum atomic E-state index is -0.947. The van der Waals surface area contributed by atoms with Gasteiger partial charge in [-0.3, -0.25) is 9.67 Å². The minimum absolute atomic E-state index is 0.611. The van der Waals surface area contributed by atoms with Gasteiger partial charge >= 0.3 is 5.97 Å². The van der Waals surface area contributed by atoms with Crippen LogP contribution in [0, 0.1) is 6.92 Å². The van der Waals surface area contributed by atoms with Crippen molar-refractivity contribution in [3.63, 3.8) is 0 Å². The largest absolute Gasteiger partial charge is 0.479 e. The van der Waals surface area contributed by atoms with E-state index in [9.17, 15) is 9.90 Å². The number of nitrogens with zero attached hydrogens (tertiary/aromatic N) is 3. The average molecular weight is 246 g/mol. The molecule has 0 saturated carbocycles. The van der Waals surface area contributed by atoms with Gasteiger partial charge in [0.05, 0.1) is 6.20 Å². The van der Waals surface area contributed by atoms with Crippen molar-refractivity contribution in [3.05, 3.63) is 42.0 Å². The summed E-state index contributed by atoms with van der Waals surface area (Å²) in [5, 5.41) is 16.2. The highest BCUT2D eigenvalue weighted by Gasteiger charge is 2.21. The third kappa shape index (κ3) is 2.65. The zero-order valence-corrected chi connectivity index (χ0v) is 10.2. The summed E-state index contributed by atoms with van der Waals surface area (Å²) in [6.07, 6.45) is 4.86. The van der Waals surface area contributed by atoms with E-state index in [0.29, 0.717) is 5.56 Å². The topological polar surface area (TPSA) is 80.0 Å². The Hall–Kier alpha value is -2.37. The Labute approximate surface area is 104 Å². The number of carboxylic acid groups (broad SMARTS) is 1. The van der Waals surface area contributed by atoms with Gasteiger partial charge in [-0.25, -0.2) is 4.79 Å². The van der Waals surface area contributed by atoms with Gasteiger partial charge in [0.15, 0.2) is 6.04 Å². The van der Waals surface area contributed by atoms with Crippen LogP contribution in [0.25, 0.3) is 0 Å². The number of carbonyl (C=O) groups is 1. The van der Waals surface area contributed by atoms with Crippen LogP contribution in [0.15, 0.2) is 30.7 Å². The molecule has 2 rings (SSSR count). The number of aliphatic carboxylic acids is 1. The predicted octanol–water partition coefficient (Wildman–Crippen LogP) is 1.36. The molecule has 2 N–H and O–H groups in total. The fraction of sp³-hybridized carbons (Fsp3) is 0.250. The maximum Gasteiger partial charge on any atom is 0.330 e. The van der Waals surface area contributed by atoms with Gasteiger partial charge in [0.25, 0.3) is 0 Å². The molecule has 0 aliphatic heterocycles. The molecular formula is C12H14N4O2. The van der Waals surface area contributed by atoms with Gasteiger partial charge in [-0.05, 0) is 19.1 Å². The fourth-order valence-corrected chi connectivity index (χ4v) is 1.68. The van der Waals surface area contributed by atoms with Crippen molar-refractivity contribution in [1.82, 2.24) is 14.8 Å². The minimum Gasteiger partial charge on any atom is -0.479 e. The molecular weight excluding hydrogens is 232 g/mol. The molecule has 0 spiro atoms. The summed E-state index contributed by atoms with van der Waals surface area (Å²) >= 11 is 0.